The quantitative estimate of drug-likeness (QED) is 0.175. The molecular formula is C52H46. The standard InChI is InChI=1S/C52H46/c1-50(2,3)41-23-27-45-44-25-21-39(30-47(44)52(6,7)49(45)32-41)35-18-16-34(17-19-35)38-20-24-42-43-26-22-40(31-48(43)51(4,5)46(42)29-38)37-15-11-14-36(28-37)33-12-9-8-10-13-33/h8-32H,1-7H3. The number of benzene rings is 7. The first kappa shape index (κ1) is 32.4. The monoisotopic (exact) mass is 670 g/mol. The third kappa shape index (κ3) is 5.11. The smallest absolute Gasteiger partial charge is 0.0159 e. The van der Waals surface area contributed by atoms with Gasteiger partial charge in [-0.15, -0.1) is 0 Å². The van der Waals surface area contributed by atoms with Crippen LogP contribution in [0.25, 0.3) is 66.8 Å². The van der Waals surface area contributed by atoms with Gasteiger partial charge in [0, 0.05) is 10.8 Å². The first-order valence-electron chi connectivity index (χ1n) is 18.8. The first-order valence-corrected chi connectivity index (χ1v) is 18.8. The van der Waals surface area contributed by atoms with E-state index in [4.69, 9.17) is 0 Å². The molecule has 7 aromatic rings. The predicted molar refractivity (Wildman–Crippen MR) is 222 cm³/mol. The summed E-state index contributed by atoms with van der Waals surface area (Å²) in [5.74, 6) is 0. The minimum Gasteiger partial charge on any atom is -0.0622 e. The molecule has 0 aromatic heterocycles. The van der Waals surface area contributed by atoms with E-state index in [1.807, 2.05) is 0 Å². The van der Waals surface area contributed by atoms with Crippen LogP contribution in [0.15, 0.2) is 152 Å². The van der Waals surface area contributed by atoms with Gasteiger partial charge in [-0.25, -0.2) is 0 Å². The molecule has 0 saturated carbocycles. The fraction of sp³-hybridized carbons (Fsp3) is 0.192. The Morgan fingerprint density at radius 1 is 0.308 bits per heavy atom. The molecule has 0 unspecified atom stereocenters. The second kappa shape index (κ2) is 11.5. The van der Waals surface area contributed by atoms with Crippen LogP contribution in [0, 0.1) is 0 Å². The Morgan fingerprint density at radius 2 is 0.635 bits per heavy atom. The van der Waals surface area contributed by atoms with Gasteiger partial charge in [-0.2, -0.15) is 0 Å². The summed E-state index contributed by atoms with van der Waals surface area (Å²) >= 11 is 0. The lowest BCUT2D eigenvalue weighted by Crippen LogP contribution is -2.17. The number of hydrogen-bond donors (Lipinski definition) is 0. The molecule has 0 fully saturated rings. The molecule has 0 aliphatic heterocycles. The van der Waals surface area contributed by atoms with Gasteiger partial charge in [-0.3, -0.25) is 0 Å². The second-order valence-corrected chi connectivity index (χ2v) is 17.1. The molecule has 0 heteroatoms. The lowest BCUT2D eigenvalue weighted by atomic mass is 9.78. The average molecular weight is 671 g/mol. The third-order valence-electron chi connectivity index (χ3n) is 12.1. The summed E-state index contributed by atoms with van der Waals surface area (Å²) in [7, 11) is 0. The molecule has 52 heavy (non-hydrogen) atoms. The zero-order valence-corrected chi connectivity index (χ0v) is 31.4. The Kier molecular flexibility index (Phi) is 7.19. The second-order valence-electron chi connectivity index (χ2n) is 17.1. The van der Waals surface area contributed by atoms with E-state index in [0.717, 1.165) is 0 Å². The molecule has 0 heterocycles. The Hall–Kier alpha value is -5.46. The predicted octanol–water partition coefficient (Wildman–Crippen LogP) is 14.3. The highest BCUT2D eigenvalue weighted by atomic mass is 14.4. The van der Waals surface area contributed by atoms with Crippen molar-refractivity contribution in [1.29, 1.82) is 0 Å². The van der Waals surface area contributed by atoms with E-state index in [1.54, 1.807) is 0 Å². The lowest BCUT2D eigenvalue weighted by molar-refractivity contribution is 0.584. The molecule has 2 aliphatic rings. The van der Waals surface area contributed by atoms with Gasteiger partial charge in [0.15, 0.2) is 0 Å². The molecule has 0 spiro atoms. The molecule has 0 saturated heterocycles. The third-order valence-corrected chi connectivity index (χ3v) is 12.1. The summed E-state index contributed by atoms with van der Waals surface area (Å²) in [6.07, 6.45) is 0. The number of fused-ring (bicyclic) bond motifs is 6. The molecule has 9 rings (SSSR count). The minimum atomic E-state index is -0.101. The van der Waals surface area contributed by atoms with Gasteiger partial charge in [-0.05, 0) is 124 Å². The van der Waals surface area contributed by atoms with Crippen molar-refractivity contribution in [3.63, 3.8) is 0 Å². The highest BCUT2D eigenvalue weighted by molar-refractivity contribution is 5.87. The summed E-state index contributed by atoms with van der Waals surface area (Å²) in [6.45, 7) is 16.4. The summed E-state index contributed by atoms with van der Waals surface area (Å²) < 4.78 is 0. The highest BCUT2D eigenvalue weighted by Gasteiger charge is 2.37. The van der Waals surface area contributed by atoms with E-state index >= 15 is 0 Å². The molecule has 0 nitrogen and oxygen atoms in total. The molecular weight excluding hydrogens is 625 g/mol. The molecule has 7 aromatic carbocycles. The van der Waals surface area contributed by atoms with Crippen LogP contribution in [-0.2, 0) is 16.2 Å². The van der Waals surface area contributed by atoms with Gasteiger partial charge in [-0.1, -0.05) is 176 Å². The van der Waals surface area contributed by atoms with Crippen molar-refractivity contribution in [2.75, 3.05) is 0 Å². The normalized spacial score (nSPS) is 14.8. The van der Waals surface area contributed by atoms with E-state index in [2.05, 4.69) is 200 Å². The topological polar surface area (TPSA) is 0 Å². The van der Waals surface area contributed by atoms with Crippen molar-refractivity contribution in [2.24, 2.45) is 0 Å². The molecule has 0 radical (unpaired) electrons. The highest BCUT2D eigenvalue weighted by Crippen LogP contribution is 2.52. The van der Waals surface area contributed by atoms with Crippen LogP contribution >= 0.6 is 0 Å². The zero-order valence-electron chi connectivity index (χ0n) is 31.4. The fourth-order valence-corrected chi connectivity index (χ4v) is 8.84. The van der Waals surface area contributed by atoms with Crippen molar-refractivity contribution in [3.8, 4) is 66.8 Å². The van der Waals surface area contributed by atoms with Crippen molar-refractivity contribution in [1.82, 2.24) is 0 Å². The van der Waals surface area contributed by atoms with Crippen molar-refractivity contribution < 1.29 is 0 Å². The maximum Gasteiger partial charge on any atom is 0.0159 e. The van der Waals surface area contributed by atoms with E-state index in [-0.39, 0.29) is 16.2 Å². The molecule has 0 amide bonds. The number of hydrogen-bond acceptors (Lipinski definition) is 0. The summed E-state index contributed by atoms with van der Waals surface area (Å²) in [6, 6.07) is 57.1. The van der Waals surface area contributed by atoms with Crippen molar-refractivity contribution in [2.45, 2.75) is 64.7 Å². The van der Waals surface area contributed by atoms with Crippen LogP contribution in [0.3, 0.4) is 0 Å². The van der Waals surface area contributed by atoms with Crippen LogP contribution in [-0.4, -0.2) is 0 Å². The minimum absolute atomic E-state index is 0.0381. The van der Waals surface area contributed by atoms with Crippen LogP contribution in [0.5, 0.6) is 0 Å². The van der Waals surface area contributed by atoms with Crippen LogP contribution in [0.2, 0.25) is 0 Å². The number of rotatable bonds is 4. The Morgan fingerprint density at radius 3 is 1.10 bits per heavy atom. The Bertz CT molecular complexity index is 2520. The molecule has 0 atom stereocenters. The van der Waals surface area contributed by atoms with Crippen molar-refractivity contribution in [3.05, 3.63) is 179 Å². The van der Waals surface area contributed by atoms with E-state index in [1.165, 1.54) is 94.6 Å². The summed E-state index contributed by atoms with van der Waals surface area (Å²) in [4.78, 5) is 0. The zero-order chi connectivity index (χ0) is 36.0. The van der Waals surface area contributed by atoms with Gasteiger partial charge in [0.25, 0.3) is 0 Å². The first-order chi connectivity index (χ1) is 24.9. The van der Waals surface area contributed by atoms with E-state index in [9.17, 15) is 0 Å². The van der Waals surface area contributed by atoms with E-state index in [0.29, 0.717) is 0 Å². The van der Waals surface area contributed by atoms with Gasteiger partial charge in [0.05, 0.1) is 0 Å². The van der Waals surface area contributed by atoms with E-state index < -0.39 is 0 Å². The van der Waals surface area contributed by atoms with Gasteiger partial charge in [0.2, 0.25) is 0 Å². The molecule has 254 valence electrons. The van der Waals surface area contributed by atoms with Crippen molar-refractivity contribution >= 4 is 0 Å². The SMILES string of the molecule is CC(C)(C)c1ccc2c(c1)C(C)(C)c1cc(-c3ccc(-c4ccc5c(c4)C(C)(C)c4cc(-c6cccc(-c7ccccc7)c6)ccc4-5)cc3)ccc1-2. The van der Waals surface area contributed by atoms with Crippen LogP contribution in [0.4, 0.5) is 0 Å². The van der Waals surface area contributed by atoms with Crippen LogP contribution in [0.1, 0.15) is 76.3 Å². The largest absolute Gasteiger partial charge is 0.0622 e. The fourth-order valence-electron chi connectivity index (χ4n) is 8.84. The maximum absolute atomic E-state index is 2.45. The van der Waals surface area contributed by atoms with Crippen LogP contribution < -0.4 is 0 Å². The molecule has 0 N–H and O–H groups in total. The lowest BCUT2D eigenvalue weighted by Gasteiger charge is -2.25. The average Bonchev–Trinajstić information content (AvgIpc) is 3.53. The molecule has 0 bridgehead atoms. The Labute approximate surface area is 309 Å². The van der Waals surface area contributed by atoms with Gasteiger partial charge >= 0.3 is 0 Å². The van der Waals surface area contributed by atoms with Gasteiger partial charge in [0.1, 0.15) is 0 Å². The Balaban J connectivity index is 1.00. The summed E-state index contributed by atoms with van der Waals surface area (Å²) in [5.41, 5.74) is 22.6. The van der Waals surface area contributed by atoms with Gasteiger partial charge < -0.3 is 0 Å². The molecule has 2 aliphatic carbocycles. The maximum atomic E-state index is 2.45. The summed E-state index contributed by atoms with van der Waals surface area (Å²) in [5, 5.41) is 0.